The number of nitrogens with zero attached hydrogens (tertiary/aromatic N) is 2. The summed E-state index contributed by atoms with van der Waals surface area (Å²) in [5.41, 5.74) is 9.50. The second-order valence-electron chi connectivity index (χ2n) is 3.14. The second-order valence-corrected chi connectivity index (χ2v) is 3.14. The molecule has 0 fully saturated rings. The van der Waals surface area contributed by atoms with Crippen molar-refractivity contribution in [2.75, 3.05) is 5.73 Å². The van der Waals surface area contributed by atoms with Crippen LogP contribution in [0.15, 0.2) is 36.8 Å². The van der Waals surface area contributed by atoms with Gasteiger partial charge in [0, 0.05) is 23.1 Å². The zero-order valence-corrected chi connectivity index (χ0v) is 7.94. The van der Waals surface area contributed by atoms with E-state index in [9.17, 15) is 0 Å². The van der Waals surface area contributed by atoms with Crippen molar-refractivity contribution in [2.45, 2.75) is 6.92 Å². The van der Waals surface area contributed by atoms with Gasteiger partial charge in [0.2, 0.25) is 0 Å². The Balaban J connectivity index is 2.50. The number of hydrogen-bond acceptors (Lipinski definition) is 3. The molecule has 1 aromatic carbocycles. The third-order valence-electron chi connectivity index (χ3n) is 2.13. The van der Waals surface area contributed by atoms with Crippen LogP contribution in [0.4, 0.5) is 5.69 Å². The summed E-state index contributed by atoms with van der Waals surface area (Å²) in [5, 5.41) is 0. The summed E-state index contributed by atoms with van der Waals surface area (Å²) in [7, 11) is 0. The molecule has 0 bridgehead atoms. The maximum atomic E-state index is 5.61. The molecule has 0 saturated carbocycles. The summed E-state index contributed by atoms with van der Waals surface area (Å²) in [6.07, 6.45) is 3.37. The lowest BCUT2D eigenvalue weighted by molar-refractivity contribution is 1.11. The summed E-state index contributed by atoms with van der Waals surface area (Å²) in [6.45, 7) is 1.97. The lowest BCUT2D eigenvalue weighted by atomic mass is 10.1. The standard InChI is InChI=1S/C11H11N3/c1-8-11(6-13-7-14-8)9-2-4-10(12)5-3-9/h2-7H,12H2,1H3. The van der Waals surface area contributed by atoms with Crippen molar-refractivity contribution in [3.8, 4) is 11.1 Å². The minimum Gasteiger partial charge on any atom is -0.399 e. The molecule has 1 heterocycles. The first kappa shape index (κ1) is 8.69. The SMILES string of the molecule is Cc1ncncc1-c1ccc(N)cc1. The Morgan fingerprint density at radius 1 is 1.14 bits per heavy atom. The van der Waals surface area contributed by atoms with E-state index in [-0.39, 0.29) is 0 Å². The van der Waals surface area contributed by atoms with E-state index in [2.05, 4.69) is 9.97 Å². The zero-order chi connectivity index (χ0) is 9.97. The topological polar surface area (TPSA) is 51.8 Å². The molecule has 2 rings (SSSR count). The molecule has 0 spiro atoms. The van der Waals surface area contributed by atoms with Gasteiger partial charge in [-0.15, -0.1) is 0 Å². The monoisotopic (exact) mass is 185 g/mol. The highest BCUT2D eigenvalue weighted by Gasteiger charge is 2.01. The number of aryl methyl sites for hydroxylation is 1. The first-order valence-electron chi connectivity index (χ1n) is 4.40. The third kappa shape index (κ3) is 1.57. The summed E-state index contributed by atoms with van der Waals surface area (Å²) in [4.78, 5) is 8.14. The number of rotatable bonds is 1. The molecule has 2 aromatic rings. The lowest BCUT2D eigenvalue weighted by Crippen LogP contribution is -1.89. The molecule has 0 aliphatic heterocycles. The predicted molar refractivity (Wildman–Crippen MR) is 56.6 cm³/mol. The highest BCUT2D eigenvalue weighted by molar-refractivity contribution is 5.66. The molecule has 3 heteroatoms. The second kappa shape index (κ2) is 3.46. The molecule has 3 nitrogen and oxygen atoms in total. The van der Waals surface area contributed by atoms with Crippen LogP contribution >= 0.6 is 0 Å². The van der Waals surface area contributed by atoms with E-state index in [1.54, 1.807) is 6.33 Å². The summed E-state index contributed by atoms with van der Waals surface area (Å²) < 4.78 is 0. The Hall–Kier alpha value is -1.90. The Labute approximate surface area is 82.6 Å². The van der Waals surface area contributed by atoms with Crippen LogP contribution in [0.3, 0.4) is 0 Å². The van der Waals surface area contributed by atoms with Gasteiger partial charge < -0.3 is 5.73 Å². The van der Waals surface area contributed by atoms with Gasteiger partial charge in [0.15, 0.2) is 0 Å². The zero-order valence-electron chi connectivity index (χ0n) is 7.94. The maximum absolute atomic E-state index is 5.61. The minimum absolute atomic E-state index is 0.767. The smallest absolute Gasteiger partial charge is 0.115 e. The molecule has 0 amide bonds. The van der Waals surface area contributed by atoms with Crippen molar-refractivity contribution in [1.29, 1.82) is 0 Å². The van der Waals surface area contributed by atoms with Crippen molar-refractivity contribution in [1.82, 2.24) is 9.97 Å². The number of benzene rings is 1. The minimum atomic E-state index is 0.767. The van der Waals surface area contributed by atoms with E-state index in [0.29, 0.717) is 0 Å². The van der Waals surface area contributed by atoms with Crippen molar-refractivity contribution in [3.05, 3.63) is 42.5 Å². The van der Waals surface area contributed by atoms with Crippen LogP contribution in [0.5, 0.6) is 0 Å². The van der Waals surface area contributed by atoms with Crippen LogP contribution in [0.2, 0.25) is 0 Å². The molecule has 70 valence electrons. The first-order valence-corrected chi connectivity index (χ1v) is 4.40. The van der Waals surface area contributed by atoms with Crippen molar-refractivity contribution < 1.29 is 0 Å². The highest BCUT2D eigenvalue weighted by Crippen LogP contribution is 2.21. The number of aromatic nitrogens is 2. The fourth-order valence-corrected chi connectivity index (χ4v) is 1.34. The van der Waals surface area contributed by atoms with Crippen LogP contribution in [0.25, 0.3) is 11.1 Å². The first-order chi connectivity index (χ1) is 6.77. The molecule has 0 unspecified atom stereocenters. The molecule has 2 N–H and O–H groups in total. The fourth-order valence-electron chi connectivity index (χ4n) is 1.34. The maximum Gasteiger partial charge on any atom is 0.115 e. The van der Waals surface area contributed by atoms with Crippen LogP contribution in [0.1, 0.15) is 5.69 Å². The van der Waals surface area contributed by atoms with Gasteiger partial charge in [0.25, 0.3) is 0 Å². The average Bonchev–Trinajstić information content (AvgIpc) is 2.20. The van der Waals surface area contributed by atoms with E-state index < -0.39 is 0 Å². The van der Waals surface area contributed by atoms with Crippen LogP contribution in [0, 0.1) is 6.92 Å². The summed E-state index contributed by atoms with van der Waals surface area (Å²) in [6, 6.07) is 7.70. The molecular formula is C11H11N3. The summed E-state index contributed by atoms with van der Waals surface area (Å²) in [5.74, 6) is 0. The normalized spacial score (nSPS) is 10.1. The molecule has 1 aromatic heterocycles. The van der Waals surface area contributed by atoms with E-state index in [0.717, 1.165) is 22.5 Å². The Morgan fingerprint density at radius 2 is 1.86 bits per heavy atom. The van der Waals surface area contributed by atoms with E-state index in [1.807, 2.05) is 37.4 Å². The molecular weight excluding hydrogens is 174 g/mol. The Kier molecular flexibility index (Phi) is 2.14. The van der Waals surface area contributed by atoms with Crippen molar-refractivity contribution in [2.24, 2.45) is 0 Å². The van der Waals surface area contributed by atoms with Gasteiger partial charge >= 0.3 is 0 Å². The predicted octanol–water partition coefficient (Wildman–Crippen LogP) is 2.03. The largest absolute Gasteiger partial charge is 0.399 e. The van der Waals surface area contributed by atoms with Gasteiger partial charge in [-0.1, -0.05) is 12.1 Å². The van der Waals surface area contributed by atoms with E-state index in [4.69, 9.17) is 5.73 Å². The molecule has 0 saturated heterocycles. The van der Waals surface area contributed by atoms with Gasteiger partial charge in [-0.05, 0) is 24.6 Å². The van der Waals surface area contributed by atoms with Gasteiger partial charge in [0.1, 0.15) is 6.33 Å². The van der Waals surface area contributed by atoms with E-state index >= 15 is 0 Å². The number of nitrogens with two attached hydrogens (primary N) is 1. The number of anilines is 1. The Bertz CT molecular complexity index is 435. The van der Waals surface area contributed by atoms with Crippen LogP contribution in [-0.4, -0.2) is 9.97 Å². The lowest BCUT2D eigenvalue weighted by Gasteiger charge is -2.03. The van der Waals surface area contributed by atoms with Crippen molar-refractivity contribution >= 4 is 5.69 Å². The quantitative estimate of drug-likeness (QED) is 0.691. The van der Waals surface area contributed by atoms with Gasteiger partial charge in [-0.2, -0.15) is 0 Å². The highest BCUT2D eigenvalue weighted by atomic mass is 14.8. The fraction of sp³-hybridized carbons (Fsp3) is 0.0909. The number of hydrogen-bond donors (Lipinski definition) is 1. The third-order valence-corrected chi connectivity index (χ3v) is 2.13. The molecule has 0 aliphatic rings. The Morgan fingerprint density at radius 3 is 2.50 bits per heavy atom. The molecule has 0 atom stereocenters. The summed E-state index contributed by atoms with van der Waals surface area (Å²) >= 11 is 0. The van der Waals surface area contributed by atoms with Crippen LogP contribution < -0.4 is 5.73 Å². The molecule has 0 aliphatic carbocycles. The van der Waals surface area contributed by atoms with Crippen LogP contribution in [-0.2, 0) is 0 Å². The number of nitrogen functional groups attached to an aromatic ring is 1. The van der Waals surface area contributed by atoms with Crippen molar-refractivity contribution in [3.63, 3.8) is 0 Å². The van der Waals surface area contributed by atoms with Gasteiger partial charge in [-0.3, -0.25) is 0 Å². The van der Waals surface area contributed by atoms with E-state index in [1.165, 1.54) is 0 Å². The van der Waals surface area contributed by atoms with Gasteiger partial charge in [-0.25, -0.2) is 9.97 Å². The molecule has 14 heavy (non-hydrogen) atoms. The van der Waals surface area contributed by atoms with Gasteiger partial charge in [0.05, 0.1) is 0 Å². The molecule has 0 radical (unpaired) electrons. The average molecular weight is 185 g/mol.